The molecule has 1 aromatic carbocycles. The molecule has 1 aromatic rings. The van der Waals surface area contributed by atoms with Gasteiger partial charge >= 0.3 is 0 Å². The zero-order valence-corrected chi connectivity index (χ0v) is 17.7. The molecular formula is C22H28N4O4. The molecule has 1 amide bonds. The average Bonchev–Trinajstić information content (AvgIpc) is 3.02. The van der Waals surface area contributed by atoms with Gasteiger partial charge in [0.15, 0.2) is 5.78 Å². The number of nitrogens with zero attached hydrogens (tertiary/aromatic N) is 3. The number of nitro benzene ring substituents is 1. The number of ketones is 1. The Balaban J connectivity index is 1.66. The zero-order valence-electron chi connectivity index (χ0n) is 17.7. The summed E-state index contributed by atoms with van der Waals surface area (Å²) in [6, 6.07) is 5.89. The van der Waals surface area contributed by atoms with Crippen LogP contribution in [0.2, 0.25) is 0 Å². The molecule has 30 heavy (non-hydrogen) atoms. The first kappa shape index (κ1) is 20.5. The summed E-state index contributed by atoms with van der Waals surface area (Å²) in [7, 11) is 0. The maximum absolute atomic E-state index is 13.7. The Kier molecular flexibility index (Phi) is 4.71. The van der Waals surface area contributed by atoms with E-state index < -0.39 is 21.2 Å². The van der Waals surface area contributed by atoms with Gasteiger partial charge in [0.1, 0.15) is 11.1 Å². The van der Waals surface area contributed by atoms with Gasteiger partial charge in [0.05, 0.1) is 10.6 Å². The minimum absolute atomic E-state index is 0.0108. The smallest absolute Gasteiger partial charge is 0.269 e. The summed E-state index contributed by atoms with van der Waals surface area (Å²) in [5.74, 6) is -0.215. The number of hydrazone groups is 1. The first-order valence-corrected chi connectivity index (χ1v) is 10.6. The number of non-ortho nitro benzene ring substituents is 1. The number of piperidine rings is 1. The summed E-state index contributed by atoms with van der Waals surface area (Å²) < 4.78 is 0. The van der Waals surface area contributed by atoms with Crippen molar-refractivity contribution >= 4 is 28.8 Å². The lowest BCUT2D eigenvalue weighted by Gasteiger charge is -2.41. The van der Waals surface area contributed by atoms with Crippen LogP contribution in [0.4, 0.5) is 11.4 Å². The lowest BCUT2D eigenvalue weighted by Crippen LogP contribution is -2.53. The van der Waals surface area contributed by atoms with Crippen molar-refractivity contribution in [2.45, 2.75) is 52.9 Å². The van der Waals surface area contributed by atoms with Crippen LogP contribution in [0.3, 0.4) is 0 Å². The predicted octanol–water partition coefficient (Wildman–Crippen LogP) is 3.77. The van der Waals surface area contributed by atoms with Crippen LogP contribution in [0.1, 0.15) is 52.9 Å². The highest BCUT2D eigenvalue weighted by atomic mass is 16.6. The van der Waals surface area contributed by atoms with E-state index in [2.05, 4.69) is 10.5 Å². The van der Waals surface area contributed by atoms with Crippen LogP contribution in [0.5, 0.6) is 0 Å². The highest BCUT2D eigenvalue weighted by molar-refractivity contribution is 6.50. The fourth-order valence-electron chi connectivity index (χ4n) is 5.59. The Hall–Kier alpha value is -2.77. The number of hydrogen-bond donors (Lipinski definition) is 1. The van der Waals surface area contributed by atoms with E-state index in [1.165, 1.54) is 12.1 Å². The first-order chi connectivity index (χ1) is 14.1. The Morgan fingerprint density at radius 1 is 1.10 bits per heavy atom. The number of fused-ring (bicyclic) bond motifs is 2. The van der Waals surface area contributed by atoms with E-state index in [1.807, 2.05) is 25.7 Å². The van der Waals surface area contributed by atoms with Crippen LogP contribution < -0.4 is 5.43 Å². The van der Waals surface area contributed by atoms with Gasteiger partial charge < -0.3 is 4.90 Å². The van der Waals surface area contributed by atoms with Gasteiger partial charge in [-0.25, -0.2) is 0 Å². The van der Waals surface area contributed by atoms with Crippen molar-refractivity contribution in [2.75, 3.05) is 18.5 Å². The molecule has 160 valence electrons. The number of carbonyl (C=O) groups excluding carboxylic acids is 2. The van der Waals surface area contributed by atoms with E-state index in [-0.39, 0.29) is 17.4 Å². The molecule has 0 aromatic heterocycles. The van der Waals surface area contributed by atoms with Gasteiger partial charge in [-0.3, -0.25) is 25.1 Å². The standard InChI is InChI=1S/C22H28N4O4/c1-20(2)21(3)11-12-22(20,19(28)25-13-5-4-6-14-25)18(27)17(21)24-23-15-7-9-16(10-8-15)26(29)30/h7-10,23H,4-6,11-14H2,1-3H3/b24-17+. The number of rotatable bonds is 4. The molecule has 2 bridgehead atoms. The Morgan fingerprint density at radius 3 is 2.33 bits per heavy atom. The largest absolute Gasteiger partial charge is 0.342 e. The monoisotopic (exact) mass is 412 g/mol. The molecule has 2 saturated carbocycles. The number of likely N-dealkylation sites (tertiary alicyclic amines) is 1. The minimum atomic E-state index is -1.06. The Bertz CT molecular complexity index is 933. The Morgan fingerprint density at radius 2 is 1.73 bits per heavy atom. The van der Waals surface area contributed by atoms with Gasteiger partial charge in [-0.15, -0.1) is 0 Å². The van der Waals surface area contributed by atoms with E-state index >= 15 is 0 Å². The van der Waals surface area contributed by atoms with Crippen molar-refractivity contribution in [3.63, 3.8) is 0 Å². The van der Waals surface area contributed by atoms with Gasteiger partial charge in [0.25, 0.3) is 5.69 Å². The summed E-state index contributed by atoms with van der Waals surface area (Å²) in [5, 5.41) is 15.3. The van der Waals surface area contributed by atoms with Crippen LogP contribution in [0.25, 0.3) is 0 Å². The summed E-state index contributed by atoms with van der Waals surface area (Å²) in [4.78, 5) is 39.5. The lowest BCUT2D eigenvalue weighted by atomic mass is 9.64. The van der Waals surface area contributed by atoms with Crippen molar-refractivity contribution in [1.29, 1.82) is 0 Å². The topological polar surface area (TPSA) is 105 Å². The quantitative estimate of drug-likeness (QED) is 0.460. The predicted molar refractivity (Wildman–Crippen MR) is 113 cm³/mol. The molecule has 0 spiro atoms. The number of Topliss-reactive ketones (excluding diaryl/α,β-unsaturated/α-hetero) is 1. The molecule has 1 heterocycles. The van der Waals surface area contributed by atoms with Crippen molar-refractivity contribution in [3.8, 4) is 0 Å². The fraction of sp³-hybridized carbons (Fsp3) is 0.591. The second-order valence-electron chi connectivity index (χ2n) is 9.42. The molecule has 1 saturated heterocycles. The third kappa shape index (κ3) is 2.62. The molecule has 1 aliphatic heterocycles. The highest BCUT2D eigenvalue weighted by Gasteiger charge is 2.77. The molecule has 8 nitrogen and oxygen atoms in total. The summed E-state index contributed by atoms with van der Waals surface area (Å²) in [6.07, 6.45) is 4.37. The molecule has 2 unspecified atom stereocenters. The fourth-order valence-corrected chi connectivity index (χ4v) is 5.59. The van der Waals surface area contributed by atoms with Crippen LogP contribution in [-0.2, 0) is 9.59 Å². The number of benzene rings is 1. The average molecular weight is 412 g/mol. The molecular weight excluding hydrogens is 384 g/mol. The minimum Gasteiger partial charge on any atom is -0.342 e. The van der Waals surface area contributed by atoms with Gasteiger partial charge in [-0.1, -0.05) is 20.8 Å². The third-order valence-corrected chi connectivity index (χ3v) is 7.96. The molecule has 1 N–H and O–H groups in total. The normalized spacial score (nSPS) is 31.2. The number of nitro groups is 1. The van der Waals surface area contributed by atoms with E-state index in [0.29, 0.717) is 30.9 Å². The second kappa shape index (κ2) is 6.89. The van der Waals surface area contributed by atoms with Crippen molar-refractivity contribution in [1.82, 2.24) is 4.90 Å². The number of carbonyl (C=O) groups is 2. The van der Waals surface area contributed by atoms with Crippen molar-refractivity contribution in [3.05, 3.63) is 34.4 Å². The maximum Gasteiger partial charge on any atom is 0.269 e. The molecule has 3 aliphatic rings. The Labute approximate surface area is 175 Å². The summed E-state index contributed by atoms with van der Waals surface area (Å²) in [5.41, 5.74) is 1.73. The van der Waals surface area contributed by atoms with Crippen molar-refractivity contribution < 1.29 is 14.5 Å². The van der Waals surface area contributed by atoms with E-state index in [1.54, 1.807) is 12.1 Å². The lowest BCUT2D eigenvalue weighted by molar-refractivity contribution is -0.384. The van der Waals surface area contributed by atoms with Gasteiger partial charge in [0.2, 0.25) is 5.91 Å². The highest BCUT2D eigenvalue weighted by Crippen LogP contribution is 2.69. The van der Waals surface area contributed by atoms with E-state index in [4.69, 9.17) is 0 Å². The molecule has 8 heteroatoms. The second-order valence-corrected chi connectivity index (χ2v) is 9.42. The molecule has 4 rings (SSSR count). The van der Waals surface area contributed by atoms with Crippen LogP contribution >= 0.6 is 0 Å². The molecule has 3 fully saturated rings. The van der Waals surface area contributed by atoms with Gasteiger partial charge in [0, 0.05) is 30.6 Å². The number of hydrogen-bond acceptors (Lipinski definition) is 6. The summed E-state index contributed by atoms with van der Waals surface area (Å²) >= 11 is 0. The van der Waals surface area contributed by atoms with E-state index in [9.17, 15) is 19.7 Å². The summed E-state index contributed by atoms with van der Waals surface area (Å²) in [6.45, 7) is 7.50. The van der Waals surface area contributed by atoms with Crippen LogP contribution in [-0.4, -0.2) is 40.3 Å². The SMILES string of the molecule is CC12CCC(C(=O)N3CCCCC3)(C(=O)/C1=N\Nc1ccc([N+](=O)[O-])cc1)C2(C)C. The van der Waals surface area contributed by atoms with E-state index in [0.717, 1.165) is 25.7 Å². The van der Waals surface area contributed by atoms with Gasteiger partial charge in [-0.2, -0.15) is 5.10 Å². The number of anilines is 1. The maximum atomic E-state index is 13.7. The third-order valence-electron chi connectivity index (χ3n) is 7.96. The first-order valence-electron chi connectivity index (χ1n) is 10.6. The van der Waals surface area contributed by atoms with Crippen molar-refractivity contribution in [2.24, 2.45) is 21.3 Å². The van der Waals surface area contributed by atoms with Crippen LogP contribution in [0, 0.1) is 26.4 Å². The molecule has 2 atom stereocenters. The number of amides is 1. The number of nitrogens with one attached hydrogen (secondary N) is 1. The zero-order chi connectivity index (χ0) is 21.7. The van der Waals surface area contributed by atoms with Gasteiger partial charge in [-0.05, 0) is 49.7 Å². The molecule has 0 radical (unpaired) electrons. The molecule has 2 aliphatic carbocycles. The van der Waals surface area contributed by atoms with Crippen LogP contribution in [0.15, 0.2) is 29.4 Å².